The van der Waals surface area contributed by atoms with E-state index < -0.39 is 12.5 Å². The van der Waals surface area contributed by atoms with Crippen molar-refractivity contribution in [2.45, 2.75) is 45.2 Å². The number of amides is 1. The normalized spacial score (nSPS) is 22.8. The monoisotopic (exact) mass is 369 g/mol. The smallest absolute Gasteiger partial charge is 0.319 e. The minimum absolute atomic E-state index is 0.0277. The third kappa shape index (κ3) is 3.75. The van der Waals surface area contributed by atoms with Crippen LogP contribution in [0, 0.1) is 12.8 Å². The molecule has 2 aliphatic rings. The highest BCUT2D eigenvalue weighted by atomic mass is 19.3. The van der Waals surface area contributed by atoms with E-state index >= 15 is 0 Å². The van der Waals surface area contributed by atoms with Crippen LogP contribution in [-0.2, 0) is 4.79 Å². The number of carbonyl (C=O) groups is 2. The Balaban J connectivity index is 1.60. The van der Waals surface area contributed by atoms with Crippen LogP contribution in [0.5, 0.6) is 0 Å². The molecule has 1 N–H and O–H groups in total. The summed E-state index contributed by atoms with van der Waals surface area (Å²) >= 11 is 0. The molecule has 2 fully saturated rings. The zero-order valence-electron chi connectivity index (χ0n) is 14.9. The Morgan fingerprint density at radius 1 is 1.15 bits per heavy atom. The second-order valence-electron chi connectivity index (χ2n) is 7.20. The molecule has 1 amide bonds. The van der Waals surface area contributed by atoms with Gasteiger partial charge in [0, 0.05) is 31.4 Å². The van der Waals surface area contributed by atoms with Crippen molar-refractivity contribution in [3.05, 3.63) is 23.5 Å². The number of aryl methyl sites for hydroxylation is 1. The van der Waals surface area contributed by atoms with Crippen LogP contribution in [0.1, 0.15) is 48.4 Å². The predicted octanol–water partition coefficient (Wildman–Crippen LogP) is 2.59. The molecule has 0 radical (unpaired) electrons. The van der Waals surface area contributed by atoms with Crippen LogP contribution in [0.25, 0.3) is 0 Å². The second kappa shape index (κ2) is 7.73. The van der Waals surface area contributed by atoms with Gasteiger partial charge >= 0.3 is 12.5 Å². The standard InChI is InChI=1S/C18H25F2N3O3/c1-12-4-5-15(23(12)18(19)20)16(24)21-9-6-14(7-10-21)22-8-2-3-13(11-22)17(25)26/h4-5,13-14,18H,2-3,6-11H2,1H3,(H,25,26)/t13-/m0/s1. The Hall–Kier alpha value is -1.96. The van der Waals surface area contributed by atoms with Gasteiger partial charge in [-0.15, -0.1) is 0 Å². The number of piperidine rings is 2. The molecule has 0 aliphatic carbocycles. The number of rotatable bonds is 4. The highest BCUT2D eigenvalue weighted by molar-refractivity contribution is 5.93. The summed E-state index contributed by atoms with van der Waals surface area (Å²) in [4.78, 5) is 27.7. The number of aromatic nitrogens is 1. The lowest BCUT2D eigenvalue weighted by Crippen LogP contribution is -2.50. The van der Waals surface area contributed by atoms with Crippen molar-refractivity contribution in [3.63, 3.8) is 0 Å². The van der Waals surface area contributed by atoms with E-state index in [1.807, 2.05) is 0 Å². The number of carbonyl (C=O) groups excluding carboxylic acids is 1. The summed E-state index contributed by atoms with van der Waals surface area (Å²) in [6.07, 6.45) is 3.07. The fraction of sp³-hybridized carbons (Fsp3) is 0.667. The molecular formula is C18H25F2N3O3. The van der Waals surface area contributed by atoms with Gasteiger partial charge in [-0.05, 0) is 51.3 Å². The second-order valence-corrected chi connectivity index (χ2v) is 7.20. The van der Waals surface area contributed by atoms with Crippen LogP contribution in [0.4, 0.5) is 8.78 Å². The summed E-state index contributed by atoms with van der Waals surface area (Å²) in [5.74, 6) is -1.43. The van der Waals surface area contributed by atoms with Crippen molar-refractivity contribution in [1.29, 1.82) is 0 Å². The Morgan fingerprint density at radius 2 is 1.85 bits per heavy atom. The summed E-state index contributed by atoms with van der Waals surface area (Å²) in [6.45, 7) is 1.28. The lowest BCUT2D eigenvalue weighted by atomic mass is 9.94. The van der Waals surface area contributed by atoms with Crippen LogP contribution in [0.15, 0.2) is 12.1 Å². The van der Waals surface area contributed by atoms with Gasteiger partial charge in [0.1, 0.15) is 5.69 Å². The molecule has 8 heteroatoms. The van der Waals surface area contributed by atoms with E-state index in [9.17, 15) is 23.5 Å². The van der Waals surface area contributed by atoms with E-state index in [4.69, 9.17) is 0 Å². The van der Waals surface area contributed by atoms with E-state index in [0.29, 0.717) is 31.7 Å². The minimum atomic E-state index is -2.73. The van der Waals surface area contributed by atoms with E-state index in [-0.39, 0.29) is 23.6 Å². The maximum absolute atomic E-state index is 13.2. The fourth-order valence-electron chi connectivity index (χ4n) is 4.12. The summed E-state index contributed by atoms with van der Waals surface area (Å²) in [5.41, 5.74) is 0.395. The maximum atomic E-state index is 13.2. The largest absolute Gasteiger partial charge is 0.481 e. The molecule has 0 aromatic carbocycles. The van der Waals surface area contributed by atoms with Crippen LogP contribution in [0.2, 0.25) is 0 Å². The molecule has 2 saturated heterocycles. The molecule has 144 valence electrons. The summed E-state index contributed by atoms with van der Waals surface area (Å²) in [7, 11) is 0. The Bertz CT molecular complexity index is 669. The first-order valence-electron chi connectivity index (χ1n) is 9.10. The van der Waals surface area contributed by atoms with Crippen molar-refractivity contribution in [2.75, 3.05) is 26.2 Å². The summed E-state index contributed by atoms with van der Waals surface area (Å²) in [5, 5.41) is 9.22. The number of carboxylic acids is 1. The SMILES string of the molecule is Cc1ccc(C(=O)N2CCC(N3CCC[C@H](C(=O)O)C3)CC2)n1C(F)F. The summed E-state index contributed by atoms with van der Waals surface area (Å²) in [6, 6.07) is 3.24. The molecule has 1 atom stereocenters. The van der Waals surface area contributed by atoms with Crippen LogP contribution < -0.4 is 0 Å². The van der Waals surface area contributed by atoms with Crippen LogP contribution >= 0.6 is 0 Å². The van der Waals surface area contributed by atoms with Gasteiger partial charge in [-0.3, -0.25) is 19.1 Å². The van der Waals surface area contributed by atoms with Gasteiger partial charge in [0.25, 0.3) is 5.91 Å². The van der Waals surface area contributed by atoms with E-state index in [1.54, 1.807) is 11.8 Å². The molecule has 0 unspecified atom stereocenters. The lowest BCUT2D eigenvalue weighted by Gasteiger charge is -2.41. The number of carboxylic acid groups (broad SMARTS) is 1. The molecule has 0 spiro atoms. The first kappa shape index (κ1) is 18.8. The molecule has 6 nitrogen and oxygen atoms in total. The molecule has 26 heavy (non-hydrogen) atoms. The van der Waals surface area contributed by atoms with Crippen LogP contribution in [0.3, 0.4) is 0 Å². The number of nitrogens with zero attached hydrogens (tertiary/aromatic N) is 3. The van der Waals surface area contributed by atoms with Crippen molar-refractivity contribution in [1.82, 2.24) is 14.4 Å². The van der Waals surface area contributed by atoms with Gasteiger partial charge in [-0.25, -0.2) is 0 Å². The zero-order chi connectivity index (χ0) is 18.8. The van der Waals surface area contributed by atoms with Crippen molar-refractivity contribution < 1.29 is 23.5 Å². The Kier molecular flexibility index (Phi) is 5.60. The number of halogens is 2. The average Bonchev–Trinajstić information content (AvgIpc) is 3.03. The molecule has 0 bridgehead atoms. The Morgan fingerprint density at radius 3 is 2.46 bits per heavy atom. The van der Waals surface area contributed by atoms with E-state index in [1.165, 1.54) is 12.1 Å². The van der Waals surface area contributed by atoms with E-state index in [0.717, 1.165) is 30.4 Å². The van der Waals surface area contributed by atoms with Gasteiger partial charge in [0.15, 0.2) is 0 Å². The van der Waals surface area contributed by atoms with Gasteiger partial charge < -0.3 is 10.0 Å². The van der Waals surface area contributed by atoms with Crippen molar-refractivity contribution >= 4 is 11.9 Å². The first-order chi connectivity index (χ1) is 12.4. The quantitative estimate of drug-likeness (QED) is 0.886. The fourth-order valence-corrected chi connectivity index (χ4v) is 4.12. The highest BCUT2D eigenvalue weighted by Gasteiger charge is 2.33. The number of aliphatic carboxylic acids is 1. The molecule has 1 aromatic heterocycles. The van der Waals surface area contributed by atoms with E-state index in [2.05, 4.69) is 4.90 Å². The summed E-state index contributed by atoms with van der Waals surface area (Å²) < 4.78 is 27.2. The highest BCUT2D eigenvalue weighted by Crippen LogP contribution is 2.26. The molecule has 0 saturated carbocycles. The van der Waals surface area contributed by atoms with Crippen molar-refractivity contribution in [3.8, 4) is 0 Å². The van der Waals surface area contributed by atoms with Gasteiger partial charge in [0.2, 0.25) is 0 Å². The molecule has 1 aromatic rings. The predicted molar refractivity (Wildman–Crippen MR) is 91.3 cm³/mol. The first-order valence-corrected chi connectivity index (χ1v) is 9.10. The minimum Gasteiger partial charge on any atom is -0.481 e. The number of hydrogen-bond acceptors (Lipinski definition) is 3. The molecule has 2 aliphatic heterocycles. The third-order valence-corrected chi connectivity index (χ3v) is 5.61. The van der Waals surface area contributed by atoms with Crippen molar-refractivity contribution in [2.24, 2.45) is 5.92 Å². The number of alkyl halides is 2. The molecular weight excluding hydrogens is 344 g/mol. The zero-order valence-corrected chi connectivity index (χ0v) is 14.9. The lowest BCUT2D eigenvalue weighted by molar-refractivity contribution is -0.144. The number of hydrogen-bond donors (Lipinski definition) is 1. The van der Waals surface area contributed by atoms with Crippen LogP contribution in [-0.4, -0.2) is 63.6 Å². The average molecular weight is 369 g/mol. The maximum Gasteiger partial charge on any atom is 0.319 e. The van der Waals surface area contributed by atoms with Gasteiger partial charge in [-0.2, -0.15) is 8.78 Å². The molecule has 3 rings (SSSR count). The molecule has 3 heterocycles. The van der Waals surface area contributed by atoms with Gasteiger partial charge in [-0.1, -0.05) is 0 Å². The topological polar surface area (TPSA) is 65.8 Å². The van der Waals surface area contributed by atoms with Gasteiger partial charge in [0.05, 0.1) is 5.92 Å². The Labute approximate surface area is 151 Å². The number of likely N-dealkylation sites (tertiary alicyclic amines) is 2. The third-order valence-electron chi connectivity index (χ3n) is 5.61.